The normalized spacial score (nSPS) is 11.8. The van der Waals surface area contributed by atoms with Gasteiger partial charge in [-0.05, 0) is 90.9 Å². The van der Waals surface area contributed by atoms with E-state index in [0.29, 0.717) is 17.1 Å². The van der Waals surface area contributed by atoms with Gasteiger partial charge in [0.15, 0.2) is 5.82 Å². The predicted octanol–water partition coefficient (Wildman–Crippen LogP) is 5.15. The summed E-state index contributed by atoms with van der Waals surface area (Å²) in [5.41, 5.74) is 13.2. The molecule has 0 saturated heterocycles. The largest absolute Gasteiger partial charge is 0.489 e. The molecule has 2 heterocycles. The molecule has 0 amide bonds. The van der Waals surface area contributed by atoms with Crippen molar-refractivity contribution < 1.29 is 19.1 Å². The van der Waals surface area contributed by atoms with Crippen LogP contribution in [-0.4, -0.2) is 19.8 Å². The minimum atomic E-state index is -4.29. The molecule has 0 aliphatic heterocycles. The van der Waals surface area contributed by atoms with Gasteiger partial charge in [0, 0.05) is 17.0 Å². The molecule has 0 fully saturated rings. The summed E-state index contributed by atoms with van der Waals surface area (Å²) in [5.74, 6) is 1.15. The fourth-order valence-electron chi connectivity index (χ4n) is 4.64. The topological polar surface area (TPSA) is 119 Å². The van der Waals surface area contributed by atoms with Crippen LogP contribution in [0.4, 0.5) is 5.82 Å². The van der Waals surface area contributed by atoms with Crippen molar-refractivity contribution in [2.75, 3.05) is 5.73 Å². The number of nitrogens with two attached hydrogens (primary N) is 1. The summed E-state index contributed by atoms with van der Waals surface area (Å²) in [7, 11) is -4.29. The lowest BCUT2D eigenvalue weighted by Crippen LogP contribution is -2.06. The number of anilines is 1. The van der Waals surface area contributed by atoms with Gasteiger partial charge in [-0.1, -0.05) is 30.3 Å². The monoisotopic (exact) mass is 513 g/mol. The van der Waals surface area contributed by atoms with Crippen LogP contribution in [0.25, 0.3) is 21.8 Å². The fraction of sp³-hybridized carbons (Fsp3) is 0.172. The van der Waals surface area contributed by atoms with E-state index in [4.69, 9.17) is 10.5 Å². The zero-order chi connectivity index (χ0) is 26.2. The van der Waals surface area contributed by atoms with Crippen LogP contribution in [0.5, 0.6) is 5.75 Å². The van der Waals surface area contributed by atoms with Gasteiger partial charge in [0.2, 0.25) is 0 Å². The molecule has 188 valence electrons. The molecule has 0 aliphatic rings. The maximum absolute atomic E-state index is 11.5. The van der Waals surface area contributed by atoms with E-state index in [1.165, 1.54) is 23.3 Å². The minimum Gasteiger partial charge on any atom is -0.489 e. The standard InChI is InChI=1S/C29H28N3O4P/c1-18-6-11-25-26(14-18)32-29(30)28-27(25)22(12-13-31-28)8-7-21-9-10-23(15-19(21)2)36-17-20-4-3-5-24(16-20)37(33,34)35/h3-6,9-16H,7-8,17H2,1-2H3,(H2,30,32)(H2,33,34,35). The summed E-state index contributed by atoms with van der Waals surface area (Å²) >= 11 is 0. The van der Waals surface area contributed by atoms with Gasteiger partial charge in [-0.15, -0.1) is 0 Å². The third kappa shape index (κ3) is 5.35. The number of hydrogen-bond donors (Lipinski definition) is 3. The number of benzene rings is 3. The van der Waals surface area contributed by atoms with E-state index >= 15 is 0 Å². The first-order chi connectivity index (χ1) is 17.7. The van der Waals surface area contributed by atoms with Crippen molar-refractivity contribution in [1.29, 1.82) is 0 Å². The number of pyridine rings is 2. The maximum atomic E-state index is 11.5. The number of hydrogen-bond acceptors (Lipinski definition) is 5. The molecule has 0 spiro atoms. The van der Waals surface area contributed by atoms with Crippen LogP contribution in [0.3, 0.4) is 0 Å². The average Bonchev–Trinajstić information content (AvgIpc) is 2.86. The first kappa shape index (κ1) is 24.9. The second-order valence-electron chi connectivity index (χ2n) is 9.30. The first-order valence-electron chi connectivity index (χ1n) is 12.0. The van der Waals surface area contributed by atoms with Crippen LogP contribution in [0.1, 0.15) is 27.8 Å². The van der Waals surface area contributed by atoms with E-state index in [-0.39, 0.29) is 11.9 Å². The second-order valence-corrected chi connectivity index (χ2v) is 10.9. The third-order valence-corrected chi connectivity index (χ3v) is 7.52. The Morgan fingerprint density at radius 2 is 1.76 bits per heavy atom. The molecular formula is C29H28N3O4P. The SMILES string of the molecule is Cc1ccc2c(c1)nc(N)c1nccc(CCc3ccc(OCc4cccc(P(=O)(O)O)c4)cc3C)c12. The summed E-state index contributed by atoms with van der Waals surface area (Å²) in [5, 5.41) is 2.10. The molecule has 0 unspecified atom stereocenters. The van der Waals surface area contributed by atoms with Crippen LogP contribution in [-0.2, 0) is 24.0 Å². The van der Waals surface area contributed by atoms with Gasteiger partial charge >= 0.3 is 7.60 Å². The predicted molar refractivity (Wildman–Crippen MR) is 147 cm³/mol. The lowest BCUT2D eigenvalue weighted by molar-refractivity contribution is 0.306. The fourth-order valence-corrected chi connectivity index (χ4v) is 5.25. The highest BCUT2D eigenvalue weighted by molar-refractivity contribution is 7.60. The van der Waals surface area contributed by atoms with E-state index in [1.54, 1.807) is 18.3 Å². The minimum absolute atomic E-state index is 0.00999. The number of rotatable bonds is 7. The van der Waals surface area contributed by atoms with Crippen molar-refractivity contribution in [3.05, 3.63) is 101 Å². The molecule has 2 aromatic heterocycles. The molecule has 0 bridgehead atoms. The smallest absolute Gasteiger partial charge is 0.356 e. The molecule has 0 saturated carbocycles. The van der Waals surface area contributed by atoms with Gasteiger partial charge < -0.3 is 20.3 Å². The Hall–Kier alpha value is -3.77. The van der Waals surface area contributed by atoms with Crippen LogP contribution in [0.15, 0.2) is 72.9 Å². The summed E-state index contributed by atoms with van der Waals surface area (Å²) < 4.78 is 17.4. The summed E-state index contributed by atoms with van der Waals surface area (Å²) in [6.45, 7) is 4.32. The summed E-state index contributed by atoms with van der Waals surface area (Å²) in [6.07, 6.45) is 3.45. The highest BCUT2D eigenvalue weighted by Gasteiger charge is 2.17. The highest BCUT2D eigenvalue weighted by atomic mass is 31.2. The number of ether oxygens (including phenoxy) is 1. The molecule has 5 aromatic rings. The molecule has 8 heteroatoms. The van der Waals surface area contributed by atoms with Crippen LogP contribution < -0.4 is 15.8 Å². The molecule has 0 atom stereocenters. The average molecular weight is 514 g/mol. The molecule has 3 aromatic carbocycles. The Kier molecular flexibility index (Phi) is 6.69. The van der Waals surface area contributed by atoms with E-state index in [2.05, 4.69) is 41.2 Å². The first-order valence-corrected chi connectivity index (χ1v) is 13.6. The Labute approximate surface area is 215 Å². The van der Waals surface area contributed by atoms with Crippen molar-refractivity contribution in [3.63, 3.8) is 0 Å². The molecule has 5 rings (SSSR count). The van der Waals surface area contributed by atoms with Crippen LogP contribution in [0.2, 0.25) is 0 Å². The summed E-state index contributed by atoms with van der Waals surface area (Å²) in [6, 6.07) is 20.6. The number of fused-ring (bicyclic) bond motifs is 3. The molecular weight excluding hydrogens is 485 g/mol. The van der Waals surface area contributed by atoms with Crippen molar-refractivity contribution in [2.45, 2.75) is 33.3 Å². The van der Waals surface area contributed by atoms with Gasteiger partial charge in [-0.3, -0.25) is 9.55 Å². The molecule has 0 radical (unpaired) electrons. The maximum Gasteiger partial charge on any atom is 0.356 e. The summed E-state index contributed by atoms with van der Waals surface area (Å²) in [4.78, 5) is 27.9. The second kappa shape index (κ2) is 9.94. The third-order valence-electron chi connectivity index (χ3n) is 6.57. The zero-order valence-electron chi connectivity index (χ0n) is 20.7. The Morgan fingerprint density at radius 3 is 2.54 bits per heavy atom. The van der Waals surface area contributed by atoms with E-state index < -0.39 is 7.60 Å². The lowest BCUT2D eigenvalue weighted by Gasteiger charge is -2.13. The van der Waals surface area contributed by atoms with Gasteiger partial charge in [0.1, 0.15) is 17.9 Å². The molecule has 0 aliphatic carbocycles. The lowest BCUT2D eigenvalue weighted by atomic mass is 9.96. The van der Waals surface area contributed by atoms with Crippen molar-refractivity contribution >= 4 is 40.5 Å². The van der Waals surface area contributed by atoms with E-state index in [0.717, 1.165) is 45.8 Å². The van der Waals surface area contributed by atoms with Crippen LogP contribution in [0, 0.1) is 13.8 Å². The van der Waals surface area contributed by atoms with E-state index in [1.807, 2.05) is 25.1 Å². The van der Waals surface area contributed by atoms with Gasteiger partial charge in [0.05, 0.1) is 10.8 Å². The number of nitrogen functional groups attached to an aromatic ring is 1. The zero-order valence-corrected chi connectivity index (χ0v) is 21.6. The molecule has 4 N–H and O–H groups in total. The van der Waals surface area contributed by atoms with Crippen molar-refractivity contribution in [3.8, 4) is 5.75 Å². The quantitative estimate of drug-likeness (QED) is 0.203. The Bertz CT molecular complexity index is 1680. The number of nitrogens with zero attached hydrogens (tertiary/aromatic N) is 2. The number of aromatic nitrogens is 2. The van der Waals surface area contributed by atoms with Crippen molar-refractivity contribution in [2.24, 2.45) is 0 Å². The van der Waals surface area contributed by atoms with E-state index in [9.17, 15) is 14.4 Å². The Balaban J connectivity index is 1.34. The Morgan fingerprint density at radius 1 is 0.946 bits per heavy atom. The van der Waals surface area contributed by atoms with Gasteiger partial charge in [0.25, 0.3) is 0 Å². The van der Waals surface area contributed by atoms with Gasteiger partial charge in [-0.2, -0.15) is 0 Å². The highest BCUT2D eigenvalue weighted by Crippen LogP contribution is 2.33. The van der Waals surface area contributed by atoms with Crippen LogP contribution >= 0.6 is 7.60 Å². The number of aryl methyl sites for hydroxylation is 4. The van der Waals surface area contributed by atoms with Gasteiger partial charge in [-0.25, -0.2) is 4.98 Å². The molecule has 37 heavy (non-hydrogen) atoms. The molecule has 7 nitrogen and oxygen atoms in total. The van der Waals surface area contributed by atoms with Crippen molar-refractivity contribution in [1.82, 2.24) is 9.97 Å².